The summed E-state index contributed by atoms with van der Waals surface area (Å²) in [6.45, 7) is 0.505. The van der Waals surface area contributed by atoms with E-state index in [4.69, 9.17) is 5.26 Å². The van der Waals surface area contributed by atoms with E-state index in [0.717, 1.165) is 16.5 Å². The molecule has 1 amide bonds. The number of carbonyl (C=O) groups excluding carboxylic acids is 1. The first-order chi connectivity index (χ1) is 8.15. The molecule has 1 rings (SSSR count). The molecule has 0 saturated heterocycles. The zero-order chi connectivity index (χ0) is 12.7. The van der Waals surface area contributed by atoms with Gasteiger partial charge in [-0.2, -0.15) is 5.26 Å². The molecule has 0 spiro atoms. The van der Waals surface area contributed by atoms with Crippen molar-refractivity contribution in [1.82, 2.24) is 4.90 Å². The number of nitrogens with zero attached hydrogens (tertiary/aromatic N) is 2. The minimum Gasteiger partial charge on any atom is -0.345 e. The Labute approximate surface area is 110 Å². The number of carbonyl (C=O) groups is 1. The molecule has 90 valence electrons. The number of hydrogen-bond donors (Lipinski definition) is 0. The molecule has 0 atom stereocenters. The molecule has 17 heavy (non-hydrogen) atoms. The van der Waals surface area contributed by atoms with Crippen LogP contribution in [0, 0.1) is 11.3 Å². The van der Waals surface area contributed by atoms with Crippen LogP contribution in [0.15, 0.2) is 28.7 Å². The average Bonchev–Trinajstić information content (AvgIpc) is 2.34. The molecule has 4 heteroatoms. The summed E-state index contributed by atoms with van der Waals surface area (Å²) < 4.78 is 1.03. The van der Waals surface area contributed by atoms with Crippen LogP contribution in [-0.4, -0.2) is 24.4 Å². The first kappa shape index (κ1) is 13.7. The number of halogens is 1. The fourth-order valence-electron chi connectivity index (χ4n) is 1.48. The molecule has 0 aromatic heterocycles. The van der Waals surface area contributed by atoms with E-state index in [2.05, 4.69) is 15.9 Å². The largest absolute Gasteiger partial charge is 0.345 e. The van der Waals surface area contributed by atoms with Crippen molar-refractivity contribution in [2.24, 2.45) is 0 Å². The summed E-state index contributed by atoms with van der Waals surface area (Å²) in [4.78, 5) is 13.3. The highest BCUT2D eigenvalue weighted by Gasteiger charge is 2.09. The highest BCUT2D eigenvalue weighted by Crippen LogP contribution is 2.17. The average molecular weight is 295 g/mol. The number of benzene rings is 1. The summed E-state index contributed by atoms with van der Waals surface area (Å²) >= 11 is 3.46. The van der Waals surface area contributed by atoms with Gasteiger partial charge in [-0.1, -0.05) is 34.1 Å². The lowest BCUT2D eigenvalue weighted by Gasteiger charge is -2.15. The lowest BCUT2D eigenvalue weighted by Crippen LogP contribution is -2.27. The van der Waals surface area contributed by atoms with E-state index >= 15 is 0 Å². The lowest BCUT2D eigenvalue weighted by atomic mass is 10.1. The second-order valence-electron chi connectivity index (χ2n) is 3.81. The van der Waals surface area contributed by atoms with Crippen LogP contribution in [0.3, 0.4) is 0 Å². The van der Waals surface area contributed by atoms with E-state index in [1.165, 1.54) is 0 Å². The van der Waals surface area contributed by atoms with Crippen molar-refractivity contribution in [2.75, 3.05) is 13.6 Å². The molecule has 0 aliphatic rings. The van der Waals surface area contributed by atoms with Gasteiger partial charge in [0.05, 0.1) is 12.5 Å². The van der Waals surface area contributed by atoms with Crippen LogP contribution in [-0.2, 0) is 11.2 Å². The zero-order valence-corrected chi connectivity index (χ0v) is 11.4. The van der Waals surface area contributed by atoms with E-state index < -0.39 is 0 Å². The number of aryl methyl sites for hydroxylation is 1. The standard InChI is InChI=1S/C13H15BrN2O/c1-16(10-4-9-15)13(17)8-7-11-5-2-3-6-12(11)14/h2-3,5-6H,4,7-8,10H2,1H3. The minimum atomic E-state index is 0.0796. The predicted molar refractivity (Wildman–Crippen MR) is 70.3 cm³/mol. The molecule has 1 aromatic carbocycles. The van der Waals surface area contributed by atoms with Gasteiger partial charge in [0.2, 0.25) is 5.91 Å². The highest BCUT2D eigenvalue weighted by atomic mass is 79.9. The Balaban J connectivity index is 2.43. The van der Waals surface area contributed by atoms with Crippen molar-refractivity contribution >= 4 is 21.8 Å². The van der Waals surface area contributed by atoms with E-state index in [-0.39, 0.29) is 5.91 Å². The molecular weight excluding hydrogens is 280 g/mol. The second kappa shape index (κ2) is 7.08. The molecule has 0 heterocycles. The van der Waals surface area contributed by atoms with Crippen molar-refractivity contribution < 1.29 is 4.79 Å². The molecule has 1 aromatic rings. The summed E-state index contributed by atoms with van der Waals surface area (Å²) in [5.41, 5.74) is 1.13. The molecule has 0 aliphatic carbocycles. The van der Waals surface area contributed by atoms with Crippen molar-refractivity contribution in [3.05, 3.63) is 34.3 Å². The number of nitriles is 1. The molecule has 3 nitrogen and oxygen atoms in total. The topological polar surface area (TPSA) is 44.1 Å². The molecular formula is C13H15BrN2O. The molecule has 0 radical (unpaired) electrons. The molecule has 0 bridgehead atoms. The number of hydrogen-bond acceptors (Lipinski definition) is 2. The van der Waals surface area contributed by atoms with Gasteiger partial charge in [0, 0.05) is 24.5 Å². The molecule has 0 unspecified atom stereocenters. The summed E-state index contributed by atoms with van der Waals surface area (Å²) in [6, 6.07) is 9.93. The zero-order valence-electron chi connectivity index (χ0n) is 9.82. The Kier molecular flexibility index (Phi) is 5.71. The summed E-state index contributed by atoms with van der Waals surface area (Å²) in [7, 11) is 1.74. The number of rotatable bonds is 5. The van der Waals surface area contributed by atoms with Gasteiger partial charge in [-0.05, 0) is 18.1 Å². The van der Waals surface area contributed by atoms with Crippen LogP contribution in [0.4, 0.5) is 0 Å². The van der Waals surface area contributed by atoms with E-state index in [1.54, 1.807) is 11.9 Å². The van der Waals surface area contributed by atoms with Crippen LogP contribution in [0.5, 0.6) is 0 Å². The SMILES string of the molecule is CN(CCC#N)C(=O)CCc1ccccc1Br. The molecule has 0 N–H and O–H groups in total. The van der Waals surface area contributed by atoms with Gasteiger partial charge in [0.25, 0.3) is 0 Å². The van der Waals surface area contributed by atoms with E-state index in [9.17, 15) is 4.79 Å². The summed E-state index contributed by atoms with van der Waals surface area (Å²) in [6.07, 6.45) is 1.58. The van der Waals surface area contributed by atoms with Gasteiger partial charge in [0.1, 0.15) is 0 Å². The third-order valence-corrected chi connectivity index (χ3v) is 3.32. The lowest BCUT2D eigenvalue weighted by molar-refractivity contribution is -0.129. The van der Waals surface area contributed by atoms with Crippen molar-refractivity contribution in [3.63, 3.8) is 0 Å². The fourth-order valence-corrected chi connectivity index (χ4v) is 1.96. The van der Waals surface area contributed by atoms with Gasteiger partial charge in [-0.25, -0.2) is 0 Å². The smallest absolute Gasteiger partial charge is 0.222 e. The maximum absolute atomic E-state index is 11.7. The highest BCUT2D eigenvalue weighted by molar-refractivity contribution is 9.10. The quantitative estimate of drug-likeness (QED) is 0.838. The molecule has 0 aliphatic heterocycles. The van der Waals surface area contributed by atoms with Crippen molar-refractivity contribution in [1.29, 1.82) is 5.26 Å². The Morgan fingerprint density at radius 3 is 2.82 bits per heavy atom. The predicted octanol–water partition coefficient (Wildman–Crippen LogP) is 2.75. The fraction of sp³-hybridized carbons (Fsp3) is 0.385. The van der Waals surface area contributed by atoms with Crippen molar-refractivity contribution in [3.8, 4) is 6.07 Å². The van der Waals surface area contributed by atoms with Gasteiger partial charge in [-0.3, -0.25) is 4.79 Å². The maximum Gasteiger partial charge on any atom is 0.222 e. The van der Waals surface area contributed by atoms with E-state index in [1.807, 2.05) is 30.3 Å². The maximum atomic E-state index is 11.7. The first-order valence-electron chi connectivity index (χ1n) is 5.49. The summed E-state index contributed by atoms with van der Waals surface area (Å²) in [5, 5.41) is 8.45. The summed E-state index contributed by atoms with van der Waals surface area (Å²) in [5.74, 6) is 0.0796. The number of amides is 1. The monoisotopic (exact) mass is 294 g/mol. The van der Waals surface area contributed by atoms with Crippen molar-refractivity contribution in [2.45, 2.75) is 19.3 Å². The Bertz CT molecular complexity index is 426. The normalized spacial score (nSPS) is 9.71. The van der Waals surface area contributed by atoms with Gasteiger partial charge >= 0.3 is 0 Å². The first-order valence-corrected chi connectivity index (χ1v) is 6.28. The van der Waals surface area contributed by atoms with Crippen LogP contribution < -0.4 is 0 Å². The third kappa shape index (κ3) is 4.58. The Hall–Kier alpha value is -1.34. The van der Waals surface area contributed by atoms with Crippen LogP contribution >= 0.6 is 15.9 Å². The Morgan fingerprint density at radius 2 is 2.18 bits per heavy atom. The van der Waals surface area contributed by atoms with Crippen LogP contribution in [0.2, 0.25) is 0 Å². The third-order valence-electron chi connectivity index (χ3n) is 2.55. The van der Waals surface area contributed by atoms with Crippen LogP contribution in [0.1, 0.15) is 18.4 Å². The minimum absolute atomic E-state index is 0.0796. The van der Waals surface area contributed by atoms with E-state index in [0.29, 0.717) is 19.4 Å². The Morgan fingerprint density at radius 1 is 1.47 bits per heavy atom. The van der Waals surface area contributed by atoms with Gasteiger partial charge in [0.15, 0.2) is 0 Å². The van der Waals surface area contributed by atoms with Crippen LogP contribution in [0.25, 0.3) is 0 Å². The van der Waals surface area contributed by atoms with Gasteiger partial charge in [-0.15, -0.1) is 0 Å². The molecule has 0 fully saturated rings. The second-order valence-corrected chi connectivity index (χ2v) is 4.67. The van der Waals surface area contributed by atoms with Gasteiger partial charge < -0.3 is 4.90 Å². The molecule has 0 saturated carbocycles.